The second-order valence-electron chi connectivity index (χ2n) is 4.50. The first-order valence-electron chi connectivity index (χ1n) is 6.30. The van der Waals surface area contributed by atoms with Gasteiger partial charge >= 0.3 is 0 Å². The van der Waals surface area contributed by atoms with E-state index in [1.807, 2.05) is 11.8 Å². The maximum atomic E-state index is 11.9. The van der Waals surface area contributed by atoms with E-state index < -0.39 is 0 Å². The molecule has 98 valence electrons. The Morgan fingerprint density at radius 2 is 2.33 bits per heavy atom. The number of aromatic nitrogens is 1. The molecule has 0 radical (unpaired) electrons. The molecule has 1 heterocycles. The Hall–Kier alpha value is -1.23. The van der Waals surface area contributed by atoms with E-state index in [9.17, 15) is 9.59 Å². The van der Waals surface area contributed by atoms with Gasteiger partial charge in [0.2, 0.25) is 5.56 Å². The third kappa shape index (κ3) is 3.38. The summed E-state index contributed by atoms with van der Waals surface area (Å²) in [6.07, 6.45) is 4.74. The molecule has 1 saturated carbocycles. The highest BCUT2D eigenvalue weighted by Gasteiger charge is 2.25. The van der Waals surface area contributed by atoms with Crippen LogP contribution in [0.1, 0.15) is 36.5 Å². The van der Waals surface area contributed by atoms with Crippen molar-refractivity contribution in [2.24, 2.45) is 0 Å². The van der Waals surface area contributed by atoms with E-state index in [2.05, 4.69) is 17.2 Å². The first-order valence-corrected chi connectivity index (χ1v) is 7.35. The van der Waals surface area contributed by atoms with Crippen LogP contribution >= 0.6 is 11.8 Å². The zero-order chi connectivity index (χ0) is 13.0. The van der Waals surface area contributed by atoms with Crippen molar-refractivity contribution in [2.75, 3.05) is 5.75 Å². The van der Waals surface area contributed by atoms with Crippen molar-refractivity contribution >= 4 is 17.7 Å². The van der Waals surface area contributed by atoms with Crippen molar-refractivity contribution < 1.29 is 4.79 Å². The van der Waals surface area contributed by atoms with E-state index in [-0.39, 0.29) is 17.5 Å². The van der Waals surface area contributed by atoms with Crippen molar-refractivity contribution in [3.63, 3.8) is 0 Å². The Kier molecular flexibility index (Phi) is 4.47. The second kappa shape index (κ2) is 6.09. The smallest absolute Gasteiger partial charge is 0.252 e. The molecular weight excluding hydrogens is 248 g/mol. The summed E-state index contributed by atoms with van der Waals surface area (Å²) in [7, 11) is 0. The Labute approximate surface area is 111 Å². The van der Waals surface area contributed by atoms with Crippen LogP contribution in [0.2, 0.25) is 0 Å². The molecule has 2 unspecified atom stereocenters. The molecule has 1 amide bonds. The van der Waals surface area contributed by atoms with Crippen molar-refractivity contribution in [3.8, 4) is 0 Å². The first-order chi connectivity index (χ1) is 8.69. The van der Waals surface area contributed by atoms with E-state index in [4.69, 9.17) is 0 Å². The molecule has 0 aromatic carbocycles. The predicted octanol–water partition coefficient (Wildman–Crippen LogP) is 1.78. The van der Waals surface area contributed by atoms with Gasteiger partial charge in [0.1, 0.15) is 0 Å². The lowest BCUT2D eigenvalue weighted by Crippen LogP contribution is -2.33. The van der Waals surface area contributed by atoms with Crippen LogP contribution in [0.4, 0.5) is 0 Å². The summed E-state index contributed by atoms with van der Waals surface area (Å²) in [4.78, 5) is 25.4. The van der Waals surface area contributed by atoms with Crippen LogP contribution in [0, 0.1) is 0 Å². The number of H-pyrrole nitrogens is 1. The number of carbonyl (C=O) groups is 1. The van der Waals surface area contributed by atoms with Crippen LogP contribution in [0.15, 0.2) is 23.1 Å². The standard InChI is InChI=1S/C13H18N2O2S/c1-2-18-11-5-4-10(7-11)15-13(17)9-3-6-12(16)14-8-9/h3,6,8,10-11H,2,4-5,7H2,1H3,(H,14,16)(H,15,17). The number of carbonyl (C=O) groups excluding carboxylic acids is 1. The zero-order valence-corrected chi connectivity index (χ0v) is 11.3. The molecule has 2 rings (SSSR count). The van der Waals surface area contributed by atoms with Gasteiger partial charge in [-0.2, -0.15) is 11.8 Å². The Bertz CT molecular complexity index is 452. The molecule has 1 aromatic rings. The molecule has 0 aliphatic heterocycles. The van der Waals surface area contributed by atoms with Gasteiger partial charge in [0.05, 0.1) is 5.56 Å². The molecule has 2 N–H and O–H groups in total. The molecule has 2 atom stereocenters. The van der Waals surface area contributed by atoms with Gasteiger partial charge in [-0.1, -0.05) is 6.92 Å². The molecule has 4 nitrogen and oxygen atoms in total. The summed E-state index contributed by atoms with van der Waals surface area (Å²) in [5.74, 6) is 1.03. The summed E-state index contributed by atoms with van der Waals surface area (Å²) in [5.41, 5.74) is 0.327. The summed E-state index contributed by atoms with van der Waals surface area (Å²) in [5, 5.41) is 3.71. The molecule has 0 bridgehead atoms. The average Bonchev–Trinajstić information content (AvgIpc) is 2.78. The lowest BCUT2D eigenvalue weighted by atomic mass is 10.2. The number of pyridine rings is 1. The Balaban J connectivity index is 1.88. The molecule has 0 spiro atoms. The lowest BCUT2D eigenvalue weighted by Gasteiger charge is -2.12. The van der Waals surface area contributed by atoms with E-state index in [0.717, 1.165) is 18.6 Å². The maximum absolute atomic E-state index is 11.9. The third-order valence-electron chi connectivity index (χ3n) is 3.17. The van der Waals surface area contributed by atoms with E-state index in [0.29, 0.717) is 10.8 Å². The first kappa shape index (κ1) is 13.2. The molecule has 1 aliphatic rings. The van der Waals surface area contributed by atoms with Gasteiger partial charge < -0.3 is 10.3 Å². The molecule has 0 saturated heterocycles. The highest BCUT2D eigenvalue weighted by atomic mass is 32.2. The minimum atomic E-state index is -0.188. The topological polar surface area (TPSA) is 62.0 Å². The minimum absolute atomic E-state index is 0.0987. The van der Waals surface area contributed by atoms with Gasteiger partial charge in [0.15, 0.2) is 0 Å². The summed E-state index contributed by atoms with van der Waals surface area (Å²) < 4.78 is 0. The number of nitrogens with one attached hydrogen (secondary N) is 2. The van der Waals surface area contributed by atoms with Gasteiger partial charge in [-0.15, -0.1) is 0 Å². The zero-order valence-electron chi connectivity index (χ0n) is 10.4. The fourth-order valence-electron chi connectivity index (χ4n) is 2.28. The molecule has 1 aliphatic carbocycles. The monoisotopic (exact) mass is 266 g/mol. The number of thioether (sulfide) groups is 1. The van der Waals surface area contributed by atoms with Crippen molar-refractivity contribution in [1.82, 2.24) is 10.3 Å². The van der Waals surface area contributed by atoms with Crippen molar-refractivity contribution in [3.05, 3.63) is 34.2 Å². The van der Waals surface area contributed by atoms with E-state index in [1.165, 1.54) is 18.7 Å². The minimum Gasteiger partial charge on any atom is -0.349 e. The fourth-order valence-corrected chi connectivity index (χ4v) is 3.42. The van der Waals surface area contributed by atoms with Crippen LogP contribution < -0.4 is 10.9 Å². The number of aromatic amines is 1. The average molecular weight is 266 g/mol. The maximum Gasteiger partial charge on any atom is 0.252 e. The Morgan fingerprint density at radius 1 is 1.50 bits per heavy atom. The van der Waals surface area contributed by atoms with Crippen molar-refractivity contribution in [1.29, 1.82) is 0 Å². The SMILES string of the molecule is CCSC1CCC(NC(=O)c2ccc(=O)[nH]c2)C1. The van der Waals surface area contributed by atoms with Gasteiger partial charge in [-0.3, -0.25) is 9.59 Å². The lowest BCUT2D eigenvalue weighted by molar-refractivity contribution is 0.0937. The van der Waals surface area contributed by atoms with Gasteiger partial charge in [-0.05, 0) is 31.1 Å². The summed E-state index contributed by atoms with van der Waals surface area (Å²) >= 11 is 1.97. The number of amides is 1. The van der Waals surface area contributed by atoms with Crippen LogP contribution in [0.3, 0.4) is 0 Å². The number of rotatable bonds is 4. The van der Waals surface area contributed by atoms with E-state index in [1.54, 1.807) is 6.07 Å². The number of hydrogen-bond acceptors (Lipinski definition) is 3. The quantitative estimate of drug-likeness (QED) is 0.873. The summed E-state index contributed by atoms with van der Waals surface area (Å²) in [6, 6.07) is 3.20. The largest absolute Gasteiger partial charge is 0.349 e. The molecular formula is C13H18N2O2S. The fraction of sp³-hybridized carbons (Fsp3) is 0.538. The van der Waals surface area contributed by atoms with Crippen LogP contribution in [0.5, 0.6) is 0 Å². The highest BCUT2D eigenvalue weighted by molar-refractivity contribution is 7.99. The summed E-state index contributed by atoms with van der Waals surface area (Å²) in [6.45, 7) is 2.16. The van der Waals surface area contributed by atoms with E-state index >= 15 is 0 Å². The predicted molar refractivity (Wildman–Crippen MR) is 74.1 cm³/mol. The third-order valence-corrected chi connectivity index (χ3v) is 4.40. The molecule has 18 heavy (non-hydrogen) atoms. The van der Waals surface area contributed by atoms with Crippen LogP contribution in [-0.4, -0.2) is 27.9 Å². The number of hydrogen-bond donors (Lipinski definition) is 2. The second-order valence-corrected chi connectivity index (χ2v) is 6.08. The molecule has 1 fully saturated rings. The van der Waals surface area contributed by atoms with Crippen molar-refractivity contribution in [2.45, 2.75) is 37.5 Å². The Morgan fingerprint density at radius 3 is 3.00 bits per heavy atom. The van der Waals surface area contributed by atoms with Gasteiger partial charge in [0, 0.05) is 23.6 Å². The molecule has 5 heteroatoms. The van der Waals surface area contributed by atoms with Crippen LogP contribution in [0.25, 0.3) is 0 Å². The molecule has 1 aromatic heterocycles. The van der Waals surface area contributed by atoms with Crippen LogP contribution in [-0.2, 0) is 0 Å². The van der Waals surface area contributed by atoms with Gasteiger partial charge in [-0.25, -0.2) is 0 Å². The van der Waals surface area contributed by atoms with Gasteiger partial charge in [0.25, 0.3) is 5.91 Å². The highest BCUT2D eigenvalue weighted by Crippen LogP contribution is 2.29. The normalized spacial score (nSPS) is 22.9.